The molecule has 0 radical (unpaired) electrons. The van der Waals surface area contributed by atoms with Crippen molar-refractivity contribution in [1.29, 1.82) is 0 Å². The molecule has 0 aliphatic carbocycles. The lowest BCUT2D eigenvalue weighted by atomic mass is 9.98. The second-order valence-corrected chi connectivity index (χ2v) is 15.2. The van der Waals surface area contributed by atoms with Crippen LogP contribution < -0.4 is 0 Å². The van der Waals surface area contributed by atoms with Crippen LogP contribution >= 0.6 is 0 Å². The smallest absolute Gasteiger partial charge is 0.0972 e. The molecular weight excluding hydrogens is 717 g/mol. The van der Waals surface area contributed by atoms with Gasteiger partial charge in [0.1, 0.15) is 0 Å². The number of para-hydroxylation sites is 1. The van der Waals surface area contributed by atoms with Crippen molar-refractivity contribution in [2.45, 2.75) is 0 Å². The zero-order chi connectivity index (χ0) is 38.9. The Morgan fingerprint density at radius 2 is 0.814 bits per heavy atom. The van der Waals surface area contributed by atoms with Crippen molar-refractivity contribution in [3.63, 3.8) is 0 Å². The standard InChI is InChI=1S/C55H34N4/c1-4-12-36(13-5-1)48-32-27-39-24-25-40-28-33-49(57-53(40)52(39)56-48)37-22-20-35(21-23-37)41-26-29-44-47-31-30-46-43-18-10-11-19-45(43)51(38-14-6-2-7-15-38)58-54(46)55(47)59(50(44)34-41)42-16-8-3-9-17-42/h1-34H. The summed E-state index contributed by atoms with van der Waals surface area (Å²) in [7, 11) is 0. The summed E-state index contributed by atoms with van der Waals surface area (Å²) in [5, 5.41) is 8.02. The molecule has 59 heavy (non-hydrogen) atoms. The van der Waals surface area contributed by atoms with Crippen molar-refractivity contribution in [1.82, 2.24) is 19.5 Å². The van der Waals surface area contributed by atoms with E-state index in [1.54, 1.807) is 0 Å². The minimum Gasteiger partial charge on any atom is -0.307 e. The van der Waals surface area contributed by atoms with E-state index in [0.717, 1.165) is 99.7 Å². The van der Waals surface area contributed by atoms with E-state index >= 15 is 0 Å². The van der Waals surface area contributed by atoms with Crippen LogP contribution in [0.5, 0.6) is 0 Å². The first-order valence-corrected chi connectivity index (χ1v) is 20.0. The summed E-state index contributed by atoms with van der Waals surface area (Å²) in [6.07, 6.45) is 0. The predicted molar refractivity (Wildman–Crippen MR) is 246 cm³/mol. The van der Waals surface area contributed by atoms with Crippen LogP contribution in [0, 0.1) is 0 Å². The summed E-state index contributed by atoms with van der Waals surface area (Å²) >= 11 is 0. The molecule has 0 saturated heterocycles. The van der Waals surface area contributed by atoms with Crippen LogP contribution in [0.3, 0.4) is 0 Å². The topological polar surface area (TPSA) is 43.6 Å². The maximum Gasteiger partial charge on any atom is 0.0972 e. The van der Waals surface area contributed by atoms with Crippen LogP contribution in [0.2, 0.25) is 0 Å². The lowest BCUT2D eigenvalue weighted by molar-refractivity contribution is 1.18. The molecule has 12 aromatic rings. The fraction of sp³-hybridized carbons (Fsp3) is 0. The van der Waals surface area contributed by atoms with Gasteiger partial charge < -0.3 is 4.57 Å². The fourth-order valence-corrected chi connectivity index (χ4v) is 8.89. The average Bonchev–Trinajstić information content (AvgIpc) is 3.66. The molecule has 4 nitrogen and oxygen atoms in total. The van der Waals surface area contributed by atoms with Crippen LogP contribution in [0.4, 0.5) is 0 Å². The Morgan fingerprint density at radius 1 is 0.305 bits per heavy atom. The first kappa shape index (κ1) is 33.2. The van der Waals surface area contributed by atoms with Crippen LogP contribution in [0.1, 0.15) is 0 Å². The quantitative estimate of drug-likeness (QED) is 0.165. The Bertz CT molecular complexity index is 3580. The summed E-state index contributed by atoms with van der Waals surface area (Å²) in [5.41, 5.74) is 14.6. The number of aromatic nitrogens is 4. The molecule has 0 unspecified atom stereocenters. The molecule has 0 N–H and O–H groups in total. The van der Waals surface area contributed by atoms with E-state index in [-0.39, 0.29) is 0 Å². The Morgan fingerprint density at radius 3 is 1.49 bits per heavy atom. The molecule has 4 heteroatoms. The van der Waals surface area contributed by atoms with E-state index in [2.05, 4.69) is 193 Å². The Balaban J connectivity index is 1.00. The largest absolute Gasteiger partial charge is 0.307 e. The molecule has 0 aliphatic heterocycles. The SMILES string of the molecule is c1ccc(-c2ccc3ccc4ccc(-c5ccc(-c6ccc7c8ccc9c%10ccccc%10c(-c%10ccccc%10)nc9c8n(-c8ccccc8)c7c6)cc5)nc4c3n2)cc1. The Hall–Kier alpha value is -7.95. The van der Waals surface area contributed by atoms with Gasteiger partial charge in [-0.15, -0.1) is 0 Å². The first-order chi connectivity index (χ1) is 29.2. The highest BCUT2D eigenvalue weighted by molar-refractivity contribution is 6.23. The zero-order valence-corrected chi connectivity index (χ0v) is 31.9. The van der Waals surface area contributed by atoms with Crippen molar-refractivity contribution in [2.24, 2.45) is 0 Å². The van der Waals surface area contributed by atoms with E-state index < -0.39 is 0 Å². The van der Waals surface area contributed by atoms with E-state index in [9.17, 15) is 0 Å². The number of nitrogens with zero attached hydrogens (tertiary/aromatic N) is 4. The summed E-state index contributed by atoms with van der Waals surface area (Å²) in [4.78, 5) is 15.9. The Labute approximate surface area is 340 Å². The van der Waals surface area contributed by atoms with Gasteiger partial charge in [-0.2, -0.15) is 0 Å². The Kier molecular flexibility index (Phi) is 7.50. The lowest BCUT2D eigenvalue weighted by Gasteiger charge is -2.13. The molecule has 12 rings (SSSR count). The number of fused-ring (bicyclic) bond motifs is 10. The average molecular weight is 751 g/mol. The van der Waals surface area contributed by atoms with Crippen molar-refractivity contribution in [2.75, 3.05) is 0 Å². The van der Waals surface area contributed by atoms with Gasteiger partial charge in [0, 0.05) is 54.7 Å². The third-order valence-corrected chi connectivity index (χ3v) is 11.8. The van der Waals surface area contributed by atoms with Crippen LogP contribution in [0.15, 0.2) is 206 Å². The molecule has 4 aromatic heterocycles. The van der Waals surface area contributed by atoms with Crippen molar-refractivity contribution < 1.29 is 0 Å². The predicted octanol–water partition coefficient (Wildman–Crippen LogP) is 14.2. The molecule has 4 heterocycles. The van der Waals surface area contributed by atoms with E-state index in [1.807, 2.05) is 18.2 Å². The van der Waals surface area contributed by atoms with Crippen molar-refractivity contribution in [3.8, 4) is 50.6 Å². The number of pyridine rings is 3. The third kappa shape index (κ3) is 5.42. The van der Waals surface area contributed by atoms with Gasteiger partial charge in [-0.1, -0.05) is 176 Å². The zero-order valence-electron chi connectivity index (χ0n) is 31.9. The molecule has 0 amide bonds. The maximum atomic E-state index is 5.53. The van der Waals surface area contributed by atoms with Gasteiger partial charge >= 0.3 is 0 Å². The highest BCUT2D eigenvalue weighted by Crippen LogP contribution is 2.41. The highest BCUT2D eigenvalue weighted by atomic mass is 15.0. The summed E-state index contributed by atoms with van der Waals surface area (Å²) in [5.74, 6) is 0. The second kappa shape index (κ2) is 13.3. The number of hydrogen-bond acceptors (Lipinski definition) is 3. The molecule has 274 valence electrons. The third-order valence-electron chi connectivity index (χ3n) is 11.8. The number of benzene rings is 8. The monoisotopic (exact) mass is 750 g/mol. The van der Waals surface area contributed by atoms with Gasteiger partial charge in [0.25, 0.3) is 0 Å². The molecule has 8 aromatic carbocycles. The molecule has 0 atom stereocenters. The van der Waals surface area contributed by atoms with E-state index in [0.29, 0.717) is 0 Å². The molecule has 0 saturated carbocycles. The second-order valence-electron chi connectivity index (χ2n) is 15.2. The minimum absolute atomic E-state index is 0.909. The summed E-state index contributed by atoms with van der Waals surface area (Å²) in [6, 6.07) is 73.1. The van der Waals surface area contributed by atoms with Crippen molar-refractivity contribution >= 4 is 65.3 Å². The fourth-order valence-electron chi connectivity index (χ4n) is 8.89. The minimum atomic E-state index is 0.909. The van der Waals surface area contributed by atoms with Gasteiger partial charge in [-0.3, -0.25) is 0 Å². The lowest BCUT2D eigenvalue weighted by Crippen LogP contribution is -1.97. The van der Waals surface area contributed by atoms with Crippen LogP contribution in [0.25, 0.3) is 116 Å². The molecule has 0 spiro atoms. The van der Waals surface area contributed by atoms with Gasteiger partial charge in [0.2, 0.25) is 0 Å². The highest BCUT2D eigenvalue weighted by Gasteiger charge is 2.20. The number of rotatable bonds is 5. The normalized spacial score (nSPS) is 11.7. The van der Waals surface area contributed by atoms with Gasteiger partial charge in [-0.25, -0.2) is 15.0 Å². The van der Waals surface area contributed by atoms with Crippen LogP contribution in [-0.2, 0) is 0 Å². The molecule has 0 fully saturated rings. The van der Waals surface area contributed by atoms with E-state index in [1.165, 1.54) is 16.2 Å². The molecule has 0 aliphatic rings. The van der Waals surface area contributed by atoms with Gasteiger partial charge in [0.05, 0.1) is 44.7 Å². The van der Waals surface area contributed by atoms with Gasteiger partial charge in [-0.05, 0) is 46.8 Å². The van der Waals surface area contributed by atoms with Gasteiger partial charge in [0.15, 0.2) is 0 Å². The maximum absolute atomic E-state index is 5.53. The van der Waals surface area contributed by atoms with Crippen LogP contribution in [-0.4, -0.2) is 19.5 Å². The summed E-state index contributed by atoms with van der Waals surface area (Å²) in [6.45, 7) is 0. The molecular formula is C55H34N4. The molecule has 0 bridgehead atoms. The summed E-state index contributed by atoms with van der Waals surface area (Å²) < 4.78 is 2.40. The number of hydrogen-bond donors (Lipinski definition) is 0. The van der Waals surface area contributed by atoms with E-state index in [4.69, 9.17) is 15.0 Å². The first-order valence-electron chi connectivity index (χ1n) is 20.0. The van der Waals surface area contributed by atoms with Crippen molar-refractivity contribution in [3.05, 3.63) is 206 Å².